The smallest absolute Gasteiger partial charge is 0.337 e. The van der Waals surface area contributed by atoms with Crippen LogP contribution in [0.3, 0.4) is 0 Å². The van der Waals surface area contributed by atoms with Gasteiger partial charge in [-0.25, -0.2) is 14.6 Å². The Bertz CT molecular complexity index is 1610. The minimum atomic E-state index is -0.906. The van der Waals surface area contributed by atoms with Crippen LogP contribution >= 0.6 is 0 Å². The second-order valence-corrected chi connectivity index (χ2v) is 11.2. The third-order valence-electron chi connectivity index (χ3n) is 7.29. The third-order valence-corrected chi connectivity index (χ3v) is 7.29. The molecule has 4 rings (SSSR count). The number of imidazole rings is 1. The van der Waals surface area contributed by atoms with Crippen LogP contribution < -0.4 is 5.32 Å². The Morgan fingerprint density at radius 1 is 1.11 bits per heavy atom. The molecule has 0 radical (unpaired) electrons. The summed E-state index contributed by atoms with van der Waals surface area (Å²) in [5.74, 6) is -2.13. The first-order valence-electron chi connectivity index (χ1n) is 14.7. The predicted molar refractivity (Wildman–Crippen MR) is 171 cm³/mol. The minimum Gasteiger partial charge on any atom is -0.461 e. The maximum absolute atomic E-state index is 13.5. The number of ether oxygens (including phenoxy) is 2. The van der Waals surface area contributed by atoms with Gasteiger partial charge < -0.3 is 19.4 Å². The molecule has 0 saturated carbocycles. The monoisotopic (exact) mass is 613 g/mol. The lowest BCUT2D eigenvalue weighted by Crippen LogP contribution is -2.34. The molecule has 0 bridgehead atoms. The summed E-state index contributed by atoms with van der Waals surface area (Å²) in [6.07, 6.45) is 9.17. The van der Waals surface area contributed by atoms with Crippen LogP contribution in [0.1, 0.15) is 50.3 Å². The number of carbonyl (C=O) groups excluding carboxylic acids is 2. The van der Waals surface area contributed by atoms with E-state index in [2.05, 4.69) is 34.6 Å². The van der Waals surface area contributed by atoms with Gasteiger partial charge in [0.25, 0.3) is 5.69 Å². The summed E-state index contributed by atoms with van der Waals surface area (Å²) < 4.78 is 13.2. The summed E-state index contributed by atoms with van der Waals surface area (Å²) in [6, 6.07) is 14.2. The number of hydrogen-bond donors (Lipinski definition) is 1. The molecule has 1 N–H and O–H groups in total. The summed E-state index contributed by atoms with van der Waals surface area (Å²) in [6.45, 7) is 8.88. The molecule has 0 fully saturated rings. The molecule has 2 aromatic carbocycles. The standard InChI is InChI=1S/C34H39N5O6/c1-23(2)45-34(41)31-25(4)36-24(3)30(32(31)28-9-6-10-29(20-28)39(42)43)33(40)44-19-18-37(5)16-7-8-26-11-13-27(14-12-26)21-38-17-15-35-22-38/h6-15,17,20,22-23,32,36H,16,18-19,21H2,1-5H3. The topological polar surface area (TPSA) is 129 Å². The van der Waals surface area contributed by atoms with Crippen molar-refractivity contribution in [3.8, 4) is 0 Å². The largest absolute Gasteiger partial charge is 0.461 e. The Labute approximate surface area is 263 Å². The maximum Gasteiger partial charge on any atom is 0.337 e. The average molecular weight is 614 g/mol. The normalized spacial score (nSPS) is 15.1. The summed E-state index contributed by atoms with van der Waals surface area (Å²) in [5.41, 5.74) is 3.96. The lowest BCUT2D eigenvalue weighted by Gasteiger charge is -2.31. The summed E-state index contributed by atoms with van der Waals surface area (Å²) >= 11 is 0. The zero-order valence-corrected chi connectivity index (χ0v) is 26.2. The molecule has 1 aromatic heterocycles. The Morgan fingerprint density at radius 2 is 1.82 bits per heavy atom. The lowest BCUT2D eigenvalue weighted by molar-refractivity contribution is -0.384. The van der Waals surface area contributed by atoms with Gasteiger partial charge in [-0.1, -0.05) is 48.6 Å². The van der Waals surface area contributed by atoms with Crippen molar-refractivity contribution >= 4 is 23.7 Å². The van der Waals surface area contributed by atoms with E-state index in [9.17, 15) is 19.7 Å². The molecule has 1 atom stereocenters. The number of nitro benzene ring substituents is 1. The first-order valence-corrected chi connectivity index (χ1v) is 14.7. The van der Waals surface area contributed by atoms with Crippen molar-refractivity contribution in [3.05, 3.63) is 123 Å². The molecular weight excluding hydrogens is 574 g/mol. The first-order chi connectivity index (χ1) is 21.5. The molecule has 0 saturated heterocycles. The number of esters is 2. The second kappa shape index (κ2) is 15.1. The van der Waals surface area contributed by atoms with E-state index in [0.717, 1.165) is 12.1 Å². The number of nitrogens with zero attached hydrogens (tertiary/aromatic N) is 4. The fraction of sp³-hybridized carbons (Fsp3) is 0.324. The molecule has 11 nitrogen and oxygen atoms in total. The van der Waals surface area contributed by atoms with Crippen molar-refractivity contribution in [2.45, 2.75) is 46.3 Å². The number of dihydropyridines is 1. The van der Waals surface area contributed by atoms with E-state index in [1.165, 1.54) is 23.8 Å². The van der Waals surface area contributed by atoms with Crippen LogP contribution in [-0.4, -0.2) is 64.2 Å². The van der Waals surface area contributed by atoms with Gasteiger partial charge in [-0.05, 0) is 51.4 Å². The number of likely N-dealkylation sites (N-methyl/N-ethyl adjacent to an activating group) is 1. The van der Waals surface area contributed by atoms with Gasteiger partial charge in [0.1, 0.15) is 6.61 Å². The highest BCUT2D eigenvalue weighted by atomic mass is 16.6. The van der Waals surface area contributed by atoms with Gasteiger partial charge in [0.2, 0.25) is 0 Å². The zero-order valence-electron chi connectivity index (χ0n) is 26.2. The van der Waals surface area contributed by atoms with Gasteiger partial charge in [0.05, 0.1) is 34.4 Å². The summed E-state index contributed by atoms with van der Waals surface area (Å²) in [4.78, 5) is 43.9. The molecule has 0 aliphatic carbocycles. The molecule has 3 aromatic rings. The quantitative estimate of drug-likeness (QED) is 0.157. The SMILES string of the molecule is CC1=C(C(=O)OCCN(C)CC=Cc2ccc(Cn3ccnc3)cc2)C(c2cccc([N+](=O)[O-])c2)C(C(=O)OC(C)C)=C(C)N1. The lowest BCUT2D eigenvalue weighted by atomic mass is 9.80. The van der Waals surface area contributed by atoms with Crippen molar-refractivity contribution in [1.29, 1.82) is 0 Å². The van der Waals surface area contributed by atoms with E-state index in [-0.39, 0.29) is 23.4 Å². The van der Waals surface area contributed by atoms with Crippen LogP contribution in [0, 0.1) is 10.1 Å². The number of aromatic nitrogens is 2. The highest BCUT2D eigenvalue weighted by Crippen LogP contribution is 2.40. The Kier molecular flexibility index (Phi) is 11.0. The van der Waals surface area contributed by atoms with Gasteiger partial charge in [-0.15, -0.1) is 0 Å². The second-order valence-electron chi connectivity index (χ2n) is 11.2. The van der Waals surface area contributed by atoms with Crippen LogP contribution in [0.4, 0.5) is 5.69 Å². The zero-order chi connectivity index (χ0) is 32.5. The number of non-ortho nitro benzene ring substituents is 1. The van der Waals surface area contributed by atoms with Gasteiger partial charge >= 0.3 is 11.9 Å². The van der Waals surface area contributed by atoms with Crippen LogP contribution in [0.25, 0.3) is 6.08 Å². The predicted octanol–water partition coefficient (Wildman–Crippen LogP) is 5.21. The molecule has 236 valence electrons. The molecule has 1 aliphatic rings. The highest BCUT2D eigenvalue weighted by Gasteiger charge is 2.38. The summed E-state index contributed by atoms with van der Waals surface area (Å²) in [7, 11) is 1.93. The van der Waals surface area contributed by atoms with Crippen molar-refractivity contribution in [1.82, 2.24) is 19.8 Å². The third kappa shape index (κ3) is 8.76. The molecular formula is C34H39N5O6. The highest BCUT2D eigenvalue weighted by molar-refractivity contribution is 6.00. The molecule has 0 amide bonds. The number of nitrogens with one attached hydrogen (secondary N) is 1. The van der Waals surface area contributed by atoms with Crippen molar-refractivity contribution in [3.63, 3.8) is 0 Å². The van der Waals surface area contributed by atoms with Crippen molar-refractivity contribution in [2.24, 2.45) is 0 Å². The van der Waals surface area contributed by atoms with Crippen LogP contribution in [-0.2, 0) is 25.6 Å². The van der Waals surface area contributed by atoms with E-state index in [1.807, 2.05) is 34.9 Å². The maximum atomic E-state index is 13.5. The van der Waals surface area contributed by atoms with Crippen molar-refractivity contribution in [2.75, 3.05) is 26.7 Å². The molecule has 0 spiro atoms. The minimum absolute atomic E-state index is 0.110. The summed E-state index contributed by atoms with van der Waals surface area (Å²) in [5, 5.41) is 14.7. The Hall–Kier alpha value is -5.03. The van der Waals surface area contributed by atoms with Gasteiger partial charge in [0.15, 0.2) is 0 Å². The van der Waals surface area contributed by atoms with Gasteiger partial charge in [-0.3, -0.25) is 15.0 Å². The Morgan fingerprint density at radius 3 is 2.47 bits per heavy atom. The van der Waals surface area contributed by atoms with E-state index >= 15 is 0 Å². The van der Waals surface area contributed by atoms with E-state index in [0.29, 0.717) is 30.0 Å². The van der Waals surface area contributed by atoms with Gasteiger partial charge in [-0.2, -0.15) is 0 Å². The first kappa shape index (κ1) is 32.9. The number of benzene rings is 2. The fourth-order valence-electron chi connectivity index (χ4n) is 5.12. The van der Waals surface area contributed by atoms with Crippen LogP contribution in [0.2, 0.25) is 0 Å². The molecule has 1 unspecified atom stereocenters. The van der Waals surface area contributed by atoms with Gasteiger partial charge in [0, 0.05) is 55.6 Å². The van der Waals surface area contributed by atoms with E-state index in [4.69, 9.17) is 9.47 Å². The van der Waals surface area contributed by atoms with E-state index in [1.54, 1.807) is 46.3 Å². The number of rotatable bonds is 13. The number of allylic oxidation sites excluding steroid dienone is 2. The fourth-order valence-corrected chi connectivity index (χ4v) is 5.12. The number of hydrogen-bond acceptors (Lipinski definition) is 9. The number of carbonyl (C=O) groups is 2. The van der Waals surface area contributed by atoms with Crippen molar-refractivity contribution < 1.29 is 24.0 Å². The molecule has 1 aliphatic heterocycles. The number of nitro groups is 1. The molecule has 2 heterocycles. The molecule has 45 heavy (non-hydrogen) atoms. The van der Waals surface area contributed by atoms with E-state index < -0.39 is 28.9 Å². The van der Waals surface area contributed by atoms with Crippen LogP contribution in [0.5, 0.6) is 0 Å². The van der Waals surface area contributed by atoms with Crippen LogP contribution in [0.15, 0.2) is 95.9 Å². The average Bonchev–Trinajstić information content (AvgIpc) is 3.50. The Balaban J connectivity index is 1.40. The molecule has 11 heteroatoms.